The van der Waals surface area contributed by atoms with Gasteiger partial charge in [0.05, 0.1) is 10.5 Å². The molecule has 1 aromatic heterocycles. The topological polar surface area (TPSA) is 25.2 Å². The van der Waals surface area contributed by atoms with Crippen molar-refractivity contribution < 1.29 is 8.81 Å². The normalized spacial score (nSPS) is 12.5. The number of nitrogens with one attached hydrogen (secondary N) is 1. The van der Waals surface area contributed by atoms with Crippen molar-refractivity contribution in [3.63, 3.8) is 0 Å². The number of halogens is 2. The highest BCUT2D eigenvalue weighted by Crippen LogP contribution is 2.26. The Morgan fingerprint density at radius 3 is 2.56 bits per heavy atom. The SMILES string of the molecule is Cc1cc(C(C)Nc2ccc(Br)c(F)c2)c(C)o1. The van der Waals surface area contributed by atoms with E-state index < -0.39 is 0 Å². The molecule has 0 aliphatic rings. The van der Waals surface area contributed by atoms with Crippen LogP contribution in [0.4, 0.5) is 10.1 Å². The Morgan fingerprint density at radius 1 is 1.28 bits per heavy atom. The zero-order chi connectivity index (χ0) is 13.3. The molecule has 1 atom stereocenters. The summed E-state index contributed by atoms with van der Waals surface area (Å²) in [5.74, 6) is 1.51. The van der Waals surface area contributed by atoms with Gasteiger partial charge in [0.2, 0.25) is 0 Å². The minimum Gasteiger partial charge on any atom is -0.466 e. The highest BCUT2D eigenvalue weighted by Gasteiger charge is 2.13. The van der Waals surface area contributed by atoms with Crippen molar-refractivity contribution in [2.45, 2.75) is 26.8 Å². The van der Waals surface area contributed by atoms with E-state index in [-0.39, 0.29) is 11.9 Å². The average molecular weight is 312 g/mol. The standard InChI is InChI=1S/C14H15BrFNO/c1-8-6-12(10(3)18-8)9(2)17-11-4-5-13(15)14(16)7-11/h4-7,9,17H,1-3H3. The molecule has 4 heteroatoms. The lowest BCUT2D eigenvalue weighted by atomic mass is 10.1. The van der Waals surface area contributed by atoms with Gasteiger partial charge in [-0.3, -0.25) is 0 Å². The number of aryl methyl sites for hydroxylation is 2. The molecule has 2 nitrogen and oxygen atoms in total. The first-order valence-corrected chi connectivity index (χ1v) is 6.55. The van der Waals surface area contributed by atoms with Gasteiger partial charge in [-0.15, -0.1) is 0 Å². The maximum absolute atomic E-state index is 13.4. The fourth-order valence-electron chi connectivity index (χ4n) is 1.99. The molecule has 96 valence electrons. The first-order valence-electron chi connectivity index (χ1n) is 5.76. The maximum Gasteiger partial charge on any atom is 0.139 e. The van der Waals surface area contributed by atoms with E-state index in [1.54, 1.807) is 6.07 Å². The Balaban J connectivity index is 2.18. The first-order chi connectivity index (χ1) is 8.47. The van der Waals surface area contributed by atoms with Crippen molar-refractivity contribution >= 4 is 21.6 Å². The molecule has 0 amide bonds. The molecular weight excluding hydrogens is 297 g/mol. The van der Waals surface area contributed by atoms with Crippen LogP contribution >= 0.6 is 15.9 Å². The van der Waals surface area contributed by atoms with Crippen LogP contribution in [0, 0.1) is 19.7 Å². The lowest BCUT2D eigenvalue weighted by Crippen LogP contribution is -2.07. The summed E-state index contributed by atoms with van der Waals surface area (Å²) in [7, 11) is 0. The van der Waals surface area contributed by atoms with Crippen molar-refractivity contribution in [3.8, 4) is 0 Å². The Labute approximate surface area is 114 Å². The van der Waals surface area contributed by atoms with E-state index in [1.807, 2.05) is 32.9 Å². The summed E-state index contributed by atoms with van der Waals surface area (Å²) in [6.45, 7) is 5.88. The van der Waals surface area contributed by atoms with Crippen LogP contribution in [0.5, 0.6) is 0 Å². The smallest absolute Gasteiger partial charge is 0.139 e. The highest BCUT2D eigenvalue weighted by atomic mass is 79.9. The fraction of sp³-hybridized carbons (Fsp3) is 0.286. The third-order valence-corrected chi connectivity index (χ3v) is 3.49. The van der Waals surface area contributed by atoms with Gasteiger partial charge in [0.25, 0.3) is 0 Å². The largest absolute Gasteiger partial charge is 0.466 e. The molecule has 0 aliphatic heterocycles. The Hall–Kier alpha value is -1.29. The second kappa shape index (κ2) is 5.14. The van der Waals surface area contributed by atoms with E-state index >= 15 is 0 Å². The van der Waals surface area contributed by atoms with Crippen molar-refractivity contribution in [2.75, 3.05) is 5.32 Å². The molecule has 2 aromatic rings. The van der Waals surface area contributed by atoms with Gasteiger partial charge < -0.3 is 9.73 Å². The van der Waals surface area contributed by atoms with E-state index in [9.17, 15) is 4.39 Å². The van der Waals surface area contributed by atoms with Gasteiger partial charge >= 0.3 is 0 Å². The number of benzene rings is 1. The summed E-state index contributed by atoms with van der Waals surface area (Å²) < 4.78 is 19.4. The molecule has 2 rings (SSSR count). The van der Waals surface area contributed by atoms with Crippen LogP contribution in [-0.4, -0.2) is 0 Å². The van der Waals surface area contributed by atoms with Crippen molar-refractivity contribution in [1.29, 1.82) is 0 Å². The zero-order valence-electron chi connectivity index (χ0n) is 10.6. The molecule has 0 saturated carbocycles. The second-order valence-corrected chi connectivity index (χ2v) is 5.22. The summed E-state index contributed by atoms with van der Waals surface area (Å²) in [6.07, 6.45) is 0. The fourth-order valence-corrected chi connectivity index (χ4v) is 2.24. The van der Waals surface area contributed by atoms with Crippen molar-refractivity contribution in [3.05, 3.63) is 51.6 Å². The van der Waals surface area contributed by atoms with Crippen LogP contribution in [-0.2, 0) is 0 Å². The monoisotopic (exact) mass is 311 g/mol. The van der Waals surface area contributed by atoms with Crippen LogP contribution in [0.2, 0.25) is 0 Å². The van der Waals surface area contributed by atoms with Gasteiger partial charge in [0.1, 0.15) is 17.3 Å². The highest BCUT2D eigenvalue weighted by molar-refractivity contribution is 9.10. The Kier molecular flexibility index (Phi) is 3.76. The van der Waals surface area contributed by atoms with Crippen LogP contribution in [0.25, 0.3) is 0 Å². The summed E-state index contributed by atoms with van der Waals surface area (Å²) in [5, 5.41) is 3.26. The average Bonchev–Trinajstić information content (AvgIpc) is 2.63. The molecule has 0 radical (unpaired) electrons. The molecule has 0 bridgehead atoms. The number of rotatable bonds is 3. The predicted molar refractivity (Wildman–Crippen MR) is 74.3 cm³/mol. The van der Waals surface area contributed by atoms with Gasteiger partial charge in [-0.05, 0) is 61.0 Å². The molecule has 0 saturated heterocycles. The molecule has 1 unspecified atom stereocenters. The van der Waals surface area contributed by atoms with Crippen LogP contribution in [0.1, 0.15) is 30.0 Å². The van der Waals surface area contributed by atoms with Gasteiger partial charge in [-0.2, -0.15) is 0 Å². The lowest BCUT2D eigenvalue weighted by Gasteiger charge is -2.14. The van der Waals surface area contributed by atoms with Crippen LogP contribution < -0.4 is 5.32 Å². The van der Waals surface area contributed by atoms with E-state index in [1.165, 1.54) is 6.07 Å². The van der Waals surface area contributed by atoms with E-state index in [2.05, 4.69) is 21.2 Å². The summed E-state index contributed by atoms with van der Waals surface area (Å²) in [6, 6.07) is 7.08. The third kappa shape index (κ3) is 2.75. The van der Waals surface area contributed by atoms with Gasteiger partial charge in [0.15, 0.2) is 0 Å². The van der Waals surface area contributed by atoms with Gasteiger partial charge in [-0.25, -0.2) is 4.39 Å². The lowest BCUT2D eigenvalue weighted by molar-refractivity contribution is 0.500. The summed E-state index contributed by atoms with van der Waals surface area (Å²) >= 11 is 3.14. The van der Waals surface area contributed by atoms with Crippen molar-refractivity contribution in [1.82, 2.24) is 0 Å². The number of hydrogen-bond acceptors (Lipinski definition) is 2. The molecular formula is C14H15BrFNO. The predicted octanol–water partition coefficient (Wildman–Crippen LogP) is 4.97. The molecule has 0 fully saturated rings. The van der Waals surface area contributed by atoms with E-state index in [4.69, 9.17) is 4.42 Å². The third-order valence-electron chi connectivity index (χ3n) is 2.85. The maximum atomic E-state index is 13.4. The number of hydrogen-bond donors (Lipinski definition) is 1. The molecule has 1 aromatic carbocycles. The molecule has 0 aliphatic carbocycles. The summed E-state index contributed by atoms with van der Waals surface area (Å²) in [4.78, 5) is 0. The quantitative estimate of drug-likeness (QED) is 0.865. The summed E-state index contributed by atoms with van der Waals surface area (Å²) in [5.41, 5.74) is 1.84. The van der Waals surface area contributed by atoms with Gasteiger partial charge in [-0.1, -0.05) is 0 Å². The van der Waals surface area contributed by atoms with Gasteiger partial charge in [0, 0.05) is 11.3 Å². The van der Waals surface area contributed by atoms with Crippen molar-refractivity contribution in [2.24, 2.45) is 0 Å². The number of anilines is 1. The minimum absolute atomic E-state index is 0.0722. The van der Waals surface area contributed by atoms with E-state index in [0.29, 0.717) is 4.47 Å². The molecule has 1 N–H and O–H groups in total. The van der Waals surface area contributed by atoms with Crippen LogP contribution in [0.3, 0.4) is 0 Å². The Bertz CT molecular complexity index is 565. The van der Waals surface area contributed by atoms with E-state index in [0.717, 1.165) is 22.8 Å². The second-order valence-electron chi connectivity index (χ2n) is 4.36. The van der Waals surface area contributed by atoms with Crippen LogP contribution in [0.15, 0.2) is 33.2 Å². The molecule has 0 spiro atoms. The number of furan rings is 1. The molecule has 1 heterocycles. The molecule has 18 heavy (non-hydrogen) atoms. The zero-order valence-corrected chi connectivity index (χ0v) is 12.1. The minimum atomic E-state index is -0.271. The Morgan fingerprint density at radius 2 is 2.00 bits per heavy atom. The first kappa shape index (κ1) is 13.1.